The second-order valence-corrected chi connectivity index (χ2v) is 6.77. The molecular formula is C17H24F2N2. The van der Waals surface area contributed by atoms with Crippen LogP contribution < -0.4 is 5.32 Å². The van der Waals surface area contributed by atoms with Crippen LogP contribution in [0.1, 0.15) is 33.1 Å². The minimum absolute atomic E-state index is 0.0531. The van der Waals surface area contributed by atoms with Gasteiger partial charge < -0.3 is 10.2 Å². The quantitative estimate of drug-likeness (QED) is 0.910. The summed E-state index contributed by atoms with van der Waals surface area (Å²) in [6.07, 6.45) is 3.53. The maximum Gasteiger partial charge on any atom is 0.149 e. The minimum atomic E-state index is -0.487. The van der Waals surface area contributed by atoms with E-state index in [0.717, 1.165) is 25.9 Å². The van der Waals surface area contributed by atoms with Crippen molar-refractivity contribution in [2.24, 2.45) is 11.8 Å². The monoisotopic (exact) mass is 294 g/mol. The summed E-state index contributed by atoms with van der Waals surface area (Å²) in [5.41, 5.74) is 0.0531. The van der Waals surface area contributed by atoms with Crippen molar-refractivity contribution in [2.75, 3.05) is 18.4 Å². The molecule has 1 saturated heterocycles. The Hall–Kier alpha value is -1.16. The van der Waals surface area contributed by atoms with Crippen LogP contribution in [-0.2, 0) is 0 Å². The van der Waals surface area contributed by atoms with Crippen molar-refractivity contribution in [1.82, 2.24) is 4.90 Å². The number of halogens is 2. The van der Waals surface area contributed by atoms with Crippen molar-refractivity contribution < 1.29 is 8.78 Å². The molecule has 2 atom stereocenters. The van der Waals surface area contributed by atoms with Crippen LogP contribution in [0.5, 0.6) is 0 Å². The van der Waals surface area contributed by atoms with E-state index in [-0.39, 0.29) is 11.7 Å². The second-order valence-electron chi connectivity index (χ2n) is 6.77. The Bertz CT molecular complexity index is 469. The number of fused-ring (bicyclic) bond motifs is 2. The molecule has 2 aliphatic rings. The molecule has 21 heavy (non-hydrogen) atoms. The second kappa shape index (κ2) is 5.91. The van der Waals surface area contributed by atoms with Gasteiger partial charge in [-0.3, -0.25) is 0 Å². The first-order chi connectivity index (χ1) is 10.1. The molecule has 2 bridgehead atoms. The van der Waals surface area contributed by atoms with E-state index in [2.05, 4.69) is 24.1 Å². The SMILES string of the molecule is CC(C)N1CC2CCCC(C1)C2Nc1c(F)cccc1F. The van der Waals surface area contributed by atoms with Crippen molar-refractivity contribution in [1.29, 1.82) is 0 Å². The van der Waals surface area contributed by atoms with E-state index < -0.39 is 11.6 Å². The number of hydrogen-bond acceptors (Lipinski definition) is 2. The van der Waals surface area contributed by atoms with Gasteiger partial charge in [-0.1, -0.05) is 12.5 Å². The average molecular weight is 294 g/mol. The van der Waals surface area contributed by atoms with Gasteiger partial charge in [0.25, 0.3) is 0 Å². The van der Waals surface area contributed by atoms with Crippen LogP contribution in [0.25, 0.3) is 0 Å². The van der Waals surface area contributed by atoms with Crippen molar-refractivity contribution in [3.05, 3.63) is 29.8 Å². The van der Waals surface area contributed by atoms with Gasteiger partial charge in [-0.2, -0.15) is 0 Å². The zero-order valence-electron chi connectivity index (χ0n) is 12.8. The fourth-order valence-electron chi connectivity index (χ4n) is 3.93. The average Bonchev–Trinajstić information content (AvgIpc) is 2.42. The molecule has 1 aromatic rings. The summed E-state index contributed by atoms with van der Waals surface area (Å²) in [5.74, 6) is -0.00321. The molecule has 2 nitrogen and oxygen atoms in total. The van der Waals surface area contributed by atoms with Gasteiger partial charge in [0, 0.05) is 25.2 Å². The van der Waals surface area contributed by atoms with Crippen LogP contribution in [0.3, 0.4) is 0 Å². The number of benzene rings is 1. The van der Waals surface area contributed by atoms with Crippen molar-refractivity contribution in [3.63, 3.8) is 0 Å². The van der Waals surface area contributed by atoms with E-state index in [4.69, 9.17) is 0 Å². The number of anilines is 1. The van der Waals surface area contributed by atoms with E-state index in [0.29, 0.717) is 17.9 Å². The molecule has 1 aromatic carbocycles. The van der Waals surface area contributed by atoms with Crippen molar-refractivity contribution >= 4 is 5.69 Å². The molecule has 2 fully saturated rings. The van der Waals surface area contributed by atoms with Gasteiger partial charge in [0.1, 0.15) is 17.3 Å². The van der Waals surface area contributed by atoms with E-state index >= 15 is 0 Å². The molecule has 116 valence electrons. The summed E-state index contributed by atoms with van der Waals surface area (Å²) in [7, 11) is 0. The summed E-state index contributed by atoms with van der Waals surface area (Å²) in [4.78, 5) is 2.50. The van der Waals surface area contributed by atoms with Gasteiger partial charge in [-0.25, -0.2) is 8.78 Å². The number of hydrogen-bond donors (Lipinski definition) is 1. The lowest BCUT2D eigenvalue weighted by atomic mass is 9.73. The fraction of sp³-hybridized carbons (Fsp3) is 0.647. The number of nitrogens with zero attached hydrogens (tertiary/aromatic N) is 1. The first-order valence-corrected chi connectivity index (χ1v) is 8.01. The highest BCUT2D eigenvalue weighted by molar-refractivity contribution is 5.47. The number of likely N-dealkylation sites (tertiary alicyclic amines) is 1. The summed E-state index contributed by atoms with van der Waals surface area (Å²) in [6.45, 7) is 6.50. The molecule has 1 aliphatic heterocycles. The molecule has 3 rings (SSSR count). The van der Waals surface area contributed by atoms with E-state index in [9.17, 15) is 8.78 Å². The Balaban J connectivity index is 1.80. The Morgan fingerprint density at radius 2 is 1.67 bits per heavy atom. The van der Waals surface area contributed by atoms with Crippen LogP contribution in [0.2, 0.25) is 0 Å². The molecule has 4 heteroatoms. The molecule has 1 aliphatic carbocycles. The predicted molar refractivity (Wildman–Crippen MR) is 81.3 cm³/mol. The Kier molecular flexibility index (Phi) is 4.16. The minimum Gasteiger partial charge on any atom is -0.377 e. The summed E-state index contributed by atoms with van der Waals surface area (Å²) < 4.78 is 27.7. The molecule has 1 heterocycles. The summed E-state index contributed by atoms with van der Waals surface area (Å²) in [6, 6.07) is 4.80. The fourth-order valence-corrected chi connectivity index (χ4v) is 3.93. The van der Waals surface area contributed by atoms with E-state index in [1.807, 2.05) is 0 Å². The van der Waals surface area contributed by atoms with Gasteiger partial charge >= 0.3 is 0 Å². The third-order valence-corrected chi connectivity index (χ3v) is 5.11. The van der Waals surface area contributed by atoms with Crippen LogP contribution >= 0.6 is 0 Å². The lowest BCUT2D eigenvalue weighted by molar-refractivity contribution is 0.0516. The standard InChI is InChI=1S/C17H24F2N2/c1-11(2)21-9-12-5-3-6-13(10-21)16(12)20-17-14(18)7-4-8-15(17)19/h4,7-8,11-13,16,20H,3,5-6,9-10H2,1-2H3. The smallest absolute Gasteiger partial charge is 0.149 e. The Labute approximate surface area is 125 Å². The maximum atomic E-state index is 13.9. The lowest BCUT2D eigenvalue weighted by Gasteiger charge is -2.49. The van der Waals surface area contributed by atoms with Crippen LogP contribution in [-0.4, -0.2) is 30.1 Å². The third-order valence-electron chi connectivity index (χ3n) is 5.11. The van der Waals surface area contributed by atoms with Crippen molar-refractivity contribution in [2.45, 2.75) is 45.2 Å². The predicted octanol–water partition coefficient (Wildman–Crippen LogP) is 3.89. The molecule has 0 aromatic heterocycles. The maximum absolute atomic E-state index is 13.9. The number of para-hydroxylation sites is 1. The zero-order valence-corrected chi connectivity index (χ0v) is 12.8. The molecule has 1 saturated carbocycles. The van der Waals surface area contributed by atoms with E-state index in [1.54, 1.807) is 0 Å². The van der Waals surface area contributed by atoms with Gasteiger partial charge in [0.2, 0.25) is 0 Å². The number of rotatable bonds is 3. The van der Waals surface area contributed by atoms with Gasteiger partial charge in [0.15, 0.2) is 0 Å². The molecule has 0 amide bonds. The number of piperidine rings is 1. The van der Waals surface area contributed by atoms with E-state index in [1.165, 1.54) is 24.6 Å². The first-order valence-electron chi connectivity index (χ1n) is 8.01. The molecule has 2 unspecified atom stereocenters. The molecular weight excluding hydrogens is 270 g/mol. The highest BCUT2D eigenvalue weighted by atomic mass is 19.1. The Morgan fingerprint density at radius 3 is 2.19 bits per heavy atom. The number of nitrogens with one attached hydrogen (secondary N) is 1. The highest BCUT2D eigenvalue weighted by Crippen LogP contribution is 2.38. The highest BCUT2D eigenvalue weighted by Gasteiger charge is 2.40. The van der Waals surface area contributed by atoms with Gasteiger partial charge in [-0.15, -0.1) is 0 Å². The largest absolute Gasteiger partial charge is 0.377 e. The van der Waals surface area contributed by atoms with Gasteiger partial charge in [0.05, 0.1) is 0 Å². The first kappa shape index (κ1) is 14.8. The zero-order chi connectivity index (χ0) is 15.0. The van der Waals surface area contributed by atoms with Crippen LogP contribution in [0.15, 0.2) is 18.2 Å². The van der Waals surface area contributed by atoms with Crippen LogP contribution in [0, 0.1) is 23.5 Å². The topological polar surface area (TPSA) is 15.3 Å². The molecule has 0 spiro atoms. The van der Waals surface area contributed by atoms with Crippen molar-refractivity contribution in [3.8, 4) is 0 Å². The van der Waals surface area contributed by atoms with Gasteiger partial charge in [-0.05, 0) is 50.7 Å². The molecule has 1 N–H and O–H groups in total. The molecule has 0 radical (unpaired) electrons. The normalized spacial score (nSPS) is 29.7. The summed E-state index contributed by atoms with van der Waals surface area (Å²) in [5, 5.41) is 3.20. The lowest BCUT2D eigenvalue weighted by Crippen LogP contribution is -2.56. The Morgan fingerprint density at radius 1 is 1.10 bits per heavy atom. The summed E-state index contributed by atoms with van der Waals surface area (Å²) >= 11 is 0. The van der Waals surface area contributed by atoms with Crippen LogP contribution in [0.4, 0.5) is 14.5 Å². The third kappa shape index (κ3) is 2.91.